The minimum absolute atomic E-state index is 0.108. The van der Waals surface area contributed by atoms with Gasteiger partial charge in [0.1, 0.15) is 0 Å². The molecule has 1 amide bonds. The second-order valence-corrected chi connectivity index (χ2v) is 4.10. The first-order valence-electron chi connectivity index (χ1n) is 5.66. The Morgan fingerprint density at radius 2 is 2.11 bits per heavy atom. The molecule has 0 spiro atoms. The van der Waals surface area contributed by atoms with Crippen LogP contribution >= 0.6 is 0 Å². The van der Waals surface area contributed by atoms with Gasteiger partial charge in [0.2, 0.25) is 0 Å². The first kappa shape index (κ1) is 14.6. The van der Waals surface area contributed by atoms with Crippen molar-refractivity contribution in [2.75, 3.05) is 19.6 Å². The van der Waals surface area contributed by atoms with Crippen LogP contribution in [-0.4, -0.2) is 46.6 Å². The lowest BCUT2D eigenvalue weighted by molar-refractivity contribution is 0.0561. The van der Waals surface area contributed by atoms with Gasteiger partial charge in [-0.2, -0.15) is 5.10 Å². The molecule has 0 fully saturated rings. The van der Waals surface area contributed by atoms with Gasteiger partial charge in [0.05, 0.1) is 17.8 Å². The zero-order chi connectivity index (χ0) is 13.9. The van der Waals surface area contributed by atoms with Gasteiger partial charge in [-0.1, -0.05) is 0 Å². The van der Waals surface area contributed by atoms with Gasteiger partial charge in [-0.25, -0.2) is 8.78 Å². The summed E-state index contributed by atoms with van der Waals surface area (Å²) in [7, 11) is 1.71. The third-order valence-electron chi connectivity index (χ3n) is 2.77. The van der Waals surface area contributed by atoms with E-state index in [1.165, 1.54) is 0 Å². The minimum Gasteiger partial charge on any atom is -0.332 e. The van der Waals surface area contributed by atoms with Crippen LogP contribution in [0.5, 0.6) is 0 Å². The van der Waals surface area contributed by atoms with E-state index in [2.05, 4.69) is 5.10 Å². The van der Waals surface area contributed by atoms with Crippen LogP contribution in [0.1, 0.15) is 21.7 Å². The van der Waals surface area contributed by atoms with E-state index in [1.54, 1.807) is 25.6 Å². The van der Waals surface area contributed by atoms with Gasteiger partial charge in [-0.15, -0.1) is 0 Å². The normalized spacial score (nSPS) is 11.1. The number of aryl methyl sites for hydroxylation is 2. The van der Waals surface area contributed by atoms with Crippen molar-refractivity contribution in [3.05, 3.63) is 17.0 Å². The van der Waals surface area contributed by atoms with Crippen LogP contribution < -0.4 is 5.73 Å². The Hall–Kier alpha value is -1.50. The van der Waals surface area contributed by atoms with Crippen LogP contribution in [0.2, 0.25) is 0 Å². The molecule has 0 radical (unpaired) electrons. The zero-order valence-corrected chi connectivity index (χ0v) is 10.8. The highest BCUT2D eigenvalue weighted by Gasteiger charge is 2.24. The molecule has 1 heterocycles. The Balaban J connectivity index is 3.01. The molecule has 0 atom stereocenters. The van der Waals surface area contributed by atoms with Crippen molar-refractivity contribution in [2.45, 2.75) is 20.3 Å². The highest BCUT2D eigenvalue weighted by Crippen LogP contribution is 2.15. The third kappa shape index (κ3) is 3.04. The van der Waals surface area contributed by atoms with E-state index >= 15 is 0 Å². The summed E-state index contributed by atoms with van der Waals surface area (Å²) in [6.45, 7) is 3.07. The standard InChI is InChI=1S/C11H18F2N4O/c1-7-10(8(2)16(3)15-7)11(18)17(5-4-14)6-9(12)13/h9H,4-6,14H2,1-3H3. The molecule has 0 bridgehead atoms. The first-order valence-corrected chi connectivity index (χ1v) is 5.66. The third-order valence-corrected chi connectivity index (χ3v) is 2.77. The van der Waals surface area contributed by atoms with Crippen molar-refractivity contribution in [3.8, 4) is 0 Å². The summed E-state index contributed by atoms with van der Waals surface area (Å²) in [6, 6.07) is 0. The molecule has 18 heavy (non-hydrogen) atoms. The van der Waals surface area contributed by atoms with E-state index < -0.39 is 18.9 Å². The average Bonchev–Trinajstić information content (AvgIpc) is 2.51. The van der Waals surface area contributed by atoms with Gasteiger partial charge >= 0.3 is 0 Å². The number of aromatic nitrogens is 2. The number of nitrogens with zero attached hydrogens (tertiary/aromatic N) is 3. The van der Waals surface area contributed by atoms with Crippen LogP contribution in [-0.2, 0) is 7.05 Å². The molecular formula is C11H18F2N4O. The number of hydrogen-bond acceptors (Lipinski definition) is 3. The molecule has 0 aliphatic rings. The molecule has 0 aliphatic carbocycles. The molecule has 1 aromatic heterocycles. The number of carbonyl (C=O) groups excluding carboxylic acids is 1. The van der Waals surface area contributed by atoms with E-state index in [4.69, 9.17) is 5.73 Å². The van der Waals surface area contributed by atoms with Gasteiger partial charge in [0.15, 0.2) is 0 Å². The quantitative estimate of drug-likeness (QED) is 0.847. The van der Waals surface area contributed by atoms with E-state index in [0.717, 1.165) is 4.90 Å². The first-order chi connectivity index (χ1) is 8.38. The lowest BCUT2D eigenvalue weighted by Gasteiger charge is -2.21. The molecule has 1 rings (SSSR count). The van der Waals surface area contributed by atoms with Crippen molar-refractivity contribution in [1.29, 1.82) is 0 Å². The fraction of sp³-hybridized carbons (Fsp3) is 0.636. The number of hydrogen-bond donors (Lipinski definition) is 1. The van der Waals surface area contributed by atoms with Crippen molar-refractivity contribution >= 4 is 5.91 Å². The summed E-state index contributed by atoms with van der Waals surface area (Å²) in [4.78, 5) is 13.3. The van der Waals surface area contributed by atoms with Crippen molar-refractivity contribution in [3.63, 3.8) is 0 Å². The summed E-state index contributed by atoms with van der Waals surface area (Å²) >= 11 is 0. The lowest BCUT2D eigenvalue weighted by Crippen LogP contribution is -2.39. The molecule has 5 nitrogen and oxygen atoms in total. The maximum absolute atomic E-state index is 12.4. The van der Waals surface area contributed by atoms with Crippen molar-refractivity contribution in [1.82, 2.24) is 14.7 Å². The van der Waals surface area contributed by atoms with E-state index in [0.29, 0.717) is 17.0 Å². The Kier molecular flexibility index (Phi) is 4.77. The molecule has 102 valence electrons. The minimum atomic E-state index is -2.57. The Labute approximate surface area is 105 Å². The monoisotopic (exact) mass is 260 g/mol. The second kappa shape index (κ2) is 5.90. The van der Waals surface area contributed by atoms with Crippen LogP contribution in [0.4, 0.5) is 8.78 Å². The van der Waals surface area contributed by atoms with Crippen LogP contribution in [0.3, 0.4) is 0 Å². The SMILES string of the molecule is Cc1nn(C)c(C)c1C(=O)N(CCN)CC(F)F. The van der Waals surface area contributed by atoms with Gasteiger partial charge in [-0.3, -0.25) is 9.48 Å². The topological polar surface area (TPSA) is 64.2 Å². The fourth-order valence-corrected chi connectivity index (χ4v) is 1.84. The summed E-state index contributed by atoms with van der Waals surface area (Å²) in [6.07, 6.45) is -2.57. The summed E-state index contributed by atoms with van der Waals surface area (Å²) in [5, 5.41) is 4.10. The van der Waals surface area contributed by atoms with Gasteiger partial charge < -0.3 is 10.6 Å². The van der Waals surface area contributed by atoms with Crippen LogP contribution in [0.25, 0.3) is 0 Å². The largest absolute Gasteiger partial charge is 0.332 e. The van der Waals surface area contributed by atoms with Crippen LogP contribution in [0, 0.1) is 13.8 Å². The highest BCUT2D eigenvalue weighted by molar-refractivity contribution is 5.96. The molecular weight excluding hydrogens is 242 g/mol. The molecule has 2 N–H and O–H groups in total. The summed E-state index contributed by atoms with van der Waals surface area (Å²) in [5.41, 5.74) is 6.92. The number of alkyl halides is 2. The van der Waals surface area contributed by atoms with Gasteiger partial charge in [-0.05, 0) is 13.8 Å². The zero-order valence-electron chi connectivity index (χ0n) is 10.8. The number of nitrogens with two attached hydrogens (primary N) is 1. The molecule has 7 heteroatoms. The number of halogens is 2. The Bertz CT molecular complexity index is 431. The predicted molar refractivity (Wildman–Crippen MR) is 63.6 cm³/mol. The fourth-order valence-electron chi connectivity index (χ4n) is 1.84. The van der Waals surface area contributed by atoms with Gasteiger partial charge in [0, 0.05) is 25.8 Å². The maximum atomic E-state index is 12.4. The molecule has 0 aromatic carbocycles. The Morgan fingerprint density at radius 3 is 2.50 bits per heavy atom. The van der Waals surface area contributed by atoms with E-state index in [9.17, 15) is 13.6 Å². The molecule has 0 unspecified atom stereocenters. The molecule has 0 saturated heterocycles. The number of amides is 1. The molecule has 0 saturated carbocycles. The summed E-state index contributed by atoms with van der Waals surface area (Å²) < 4.78 is 26.4. The summed E-state index contributed by atoms with van der Waals surface area (Å²) in [5.74, 6) is -0.441. The van der Waals surface area contributed by atoms with Gasteiger partial charge in [0.25, 0.3) is 12.3 Å². The number of rotatable bonds is 5. The van der Waals surface area contributed by atoms with Crippen LogP contribution in [0.15, 0.2) is 0 Å². The highest BCUT2D eigenvalue weighted by atomic mass is 19.3. The van der Waals surface area contributed by atoms with E-state index in [-0.39, 0.29) is 13.1 Å². The average molecular weight is 260 g/mol. The van der Waals surface area contributed by atoms with Crippen molar-refractivity contribution in [2.24, 2.45) is 12.8 Å². The maximum Gasteiger partial charge on any atom is 0.257 e. The lowest BCUT2D eigenvalue weighted by atomic mass is 10.1. The smallest absolute Gasteiger partial charge is 0.257 e. The van der Waals surface area contributed by atoms with Crippen molar-refractivity contribution < 1.29 is 13.6 Å². The number of carbonyl (C=O) groups is 1. The second-order valence-electron chi connectivity index (χ2n) is 4.10. The molecule has 0 aliphatic heterocycles. The van der Waals surface area contributed by atoms with E-state index in [1.807, 2.05) is 0 Å². The predicted octanol–water partition coefficient (Wildman–Crippen LogP) is 0.703. The molecule has 1 aromatic rings. The Morgan fingerprint density at radius 1 is 1.50 bits per heavy atom.